The first-order valence-corrected chi connectivity index (χ1v) is 9.82. The van der Waals surface area contributed by atoms with Gasteiger partial charge in [-0.1, -0.05) is 25.9 Å². The zero-order chi connectivity index (χ0) is 22.0. The lowest BCUT2D eigenvalue weighted by Crippen LogP contribution is -2.15. The average Bonchev–Trinajstić information content (AvgIpc) is 3.47. The van der Waals surface area contributed by atoms with Crippen molar-refractivity contribution < 1.29 is 18.1 Å². The van der Waals surface area contributed by atoms with Crippen LogP contribution in [0, 0.1) is 5.82 Å². The van der Waals surface area contributed by atoms with Gasteiger partial charge in [0.2, 0.25) is 17.6 Å². The van der Waals surface area contributed by atoms with E-state index in [1.54, 1.807) is 28.9 Å². The van der Waals surface area contributed by atoms with Gasteiger partial charge < -0.3 is 14.3 Å². The quantitative estimate of drug-likeness (QED) is 0.489. The lowest BCUT2D eigenvalue weighted by Gasteiger charge is -2.14. The molecule has 0 radical (unpaired) electrons. The maximum absolute atomic E-state index is 13.3. The van der Waals surface area contributed by atoms with E-state index >= 15 is 0 Å². The maximum atomic E-state index is 13.3. The van der Waals surface area contributed by atoms with E-state index in [-0.39, 0.29) is 30.0 Å². The Labute approximate surface area is 178 Å². The molecular weight excluding hydrogens is 401 g/mol. The van der Waals surface area contributed by atoms with Gasteiger partial charge in [0.25, 0.3) is 0 Å². The molecule has 0 atom stereocenters. The molecule has 1 aromatic carbocycles. The summed E-state index contributed by atoms with van der Waals surface area (Å²) in [6, 6.07) is 11.2. The smallest absolute Gasteiger partial charge is 0.238 e. The molecule has 0 aliphatic heterocycles. The minimum atomic E-state index is -0.342. The molecule has 4 rings (SSSR count). The normalized spacial score (nSPS) is 11.6. The molecule has 0 fully saturated rings. The van der Waals surface area contributed by atoms with Crippen molar-refractivity contribution in [1.82, 2.24) is 19.9 Å². The fraction of sp³-hybridized carbons (Fsp3) is 0.273. The van der Waals surface area contributed by atoms with E-state index in [1.165, 1.54) is 18.4 Å². The molecule has 0 aliphatic carbocycles. The summed E-state index contributed by atoms with van der Waals surface area (Å²) in [6.45, 7) is 6.09. The summed E-state index contributed by atoms with van der Waals surface area (Å²) in [5, 5.41) is 11.3. The summed E-state index contributed by atoms with van der Waals surface area (Å²) in [7, 11) is 0. The van der Waals surface area contributed by atoms with Crippen molar-refractivity contribution >= 4 is 11.7 Å². The van der Waals surface area contributed by atoms with Gasteiger partial charge in [-0.2, -0.15) is 10.1 Å². The number of aromatic nitrogens is 4. The predicted molar refractivity (Wildman–Crippen MR) is 111 cm³/mol. The van der Waals surface area contributed by atoms with Gasteiger partial charge >= 0.3 is 0 Å². The second-order valence-corrected chi connectivity index (χ2v) is 8.09. The molecule has 8 nitrogen and oxygen atoms in total. The summed E-state index contributed by atoms with van der Waals surface area (Å²) in [5.41, 5.74) is 1.22. The van der Waals surface area contributed by atoms with Gasteiger partial charge in [0.15, 0.2) is 5.76 Å². The van der Waals surface area contributed by atoms with E-state index < -0.39 is 0 Å². The van der Waals surface area contributed by atoms with Gasteiger partial charge in [0, 0.05) is 24.3 Å². The molecule has 160 valence electrons. The zero-order valence-electron chi connectivity index (χ0n) is 17.4. The predicted octanol–water partition coefficient (Wildman–Crippen LogP) is 4.52. The number of amides is 1. The third-order valence-electron chi connectivity index (χ3n) is 4.59. The number of nitrogens with one attached hydrogen (secondary N) is 1. The molecule has 0 bridgehead atoms. The second kappa shape index (κ2) is 8.17. The second-order valence-electron chi connectivity index (χ2n) is 8.09. The summed E-state index contributed by atoms with van der Waals surface area (Å²) >= 11 is 0. The Kier molecular flexibility index (Phi) is 5.41. The highest BCUT2D eigenvalue weighted by molar-refractivity contribution is 5.90. The van der Waals surface area contributed by atoms with Crippen LogP contribution < -0.4 is 5.32 Å². The van der Waals surface area contributed by atoms with Crippen LogP contribution in [0.4, 0.5) is 10.2 Å². The zero-order valence-corrected chi connectivity index (χ0v) is 17.4. The van der Waals surface area contributed by atoms with Crippen molar-refractivity contribution in [3.63, 3.8) is 0 Å². The van der Waals surface area contributed by atoms with E-state index in [0.717, 1.165) is 5.69 Å². The van der Waals surface area contributed by atoms with Crippen molar-refractivity contribution in [2.45, 2.75) is 39.0 Å². The number of furan rings is 1. The SMILES string of the molecule is CC(C)(C)c1cc(NC(=O)CCc2nc(-c3ccco3)no2)n(-c2ccc(F)cc2)n1. The van der Waals surface area contributed by atoms with Crippen molar-refractivity contribution in [1.29, 1.82) is 0 Å². The molecule has 0 spiro atoms. The first-order chi connectivity index (χ1) is 14.8. The highest BCUT2D eigenvalue weighted by atomic mass is 19.1. The number of anilines is 1. The number of rotatable bonds is 6. The molecule has 31 heavy (non-hydrogen) atoms. The minimum Gasteiger partial charge on any atom is -0.461 e. The Morgan fingerprint density at radius 3 is 2.65 bits per heavy atom. The van der Waals surface area contributed by atoms with Crippen LogP contribution in [-0.2, 0) is 16.6 Å². The average molecular weight is 423 g/mol. The third-order valence-corrected chi connectivity index (χ3v) is 4.59. The van der Waals surface area contributed by atoms with Crippen molar-refractivity contribution in [2.75, 3.05) is 5.32 Å². The molecule has 0 saturated heterocycles. The molecule has 0 unspecified atom stereocenters. The van der Waals surface area contributed by atoms with Gasteiger partial charge in [-0.3, -0.25) is 4.79 Å². The molecule has 0 saturated carbocycles. The van der Waals surface area contributed by atoms with Crippen LogP contribution in [0.3, 0.4) is 0 Å². The highest BCUT2D eigenvalue weighted by Crippen LogP contribution is 2.26. The number of carbonyl (C=O) groups excluding carboxylic acids is 1. The topological polar surface area (TPSA) is 99.0 Å². The van der Waals surface area contributed by atoms with Crippen LogP contribution in [0.15, 0.2) is 57.7 Å². The van der Waals surface area contributed by atoms with Crippen molar-refractivity contribution in [3.05, 3.63) is 66.1 Å². The molecular formula is C22H22FN5O3. The standard InChI is InChI=1S/C22H22FN5O3/c1-22(2,3)17-13-18(28(26-17)15-8-6-14(23)7-9-15)24-19(29)10-11-20-25-21(27-31-20)16-5-4-12-30-16/h4-9,12-13H,10-11H2,1-3H3,(H,24,29). The fourth-order valence-electron chi connectivity index (χ4n) is 2.90. The molecule has 9 heteroatoms. The Morgan fingerprint density at radius 1 is 1.19 bits per heavy atom. The van der Waals surface area contributed by atoms with Crippen LogP contribution in [-0.4, -0.2) is 25.8 Å². The van der Waals surface area contributed by atoms with E-state index in [2.05, 4.69) is 20.6 Å². The molecule has 3 aromatic heterocycles. The molecule has 4 aromatic rings. The van der Waals surface area contributed by atoms with Crippen LogP contribution in [0.1, 0.15) is 38.8 Å². The number of benzene rings is 1. The first-order valence-electron chi connectivity index (χ1n) is 9.82. The number of hydrogen-bond donors (Lipinski definition) is 1. The van der Waals surface area contributed by atoms with Gasteiger partial charge in [0.1, 0.15) is 11.6 Å². The van der Waals surface area contributed by atoms with E-state index in [1.807, 2.05) is 26.8 Å². The molecule has 1 N–H and O–H groups in total. The largest absolute Gasteiger partial charge is 0.461 e. The minimum absolute atomic E-state index is 0.138. The molecule has 3 heterocycles. The lowest BCUT2D eigenvalue weighted by atomic mass is 9.92. The molecule has 1 amide bonds. The Hall–Kier alpha value is -3.75. The summed E-state index contributed by atoms with van der Waals surface area (Å²) in [6.07, 6.45) is 1.94. The number of nitrogens with zero attached hydrogens (tertiary/aromatic N) is 4. The molecule has 0 aliphatic rings. The van der Waals surface area contributed by atoms with Crippen molar-refractivity contribution in [3.8, 4) is 17.3 Å². The highest BCUT2D eigenvalue weighted by Gasteiger charge is 2.22. The van der Waals surface area contributed by atoms with Crippen molar-refractivity contribution in [2.24, 2.45) is 0 Å². The van der Waals surface area contributed by atoms with Gasteiger partial charge in [0.05, 0.1) is 17.6 Å². The van der Waals surface area contributed by atoms with Crippen LogP contribution >= 0.6 is 0 Å². The lowest BCUT2D eigenvalue weighted by molar-refractivity contribution is -0.116. The van der Waals surface area contributed by atoms with Crippen LogP contribution in [0.25, 0.3) is 17.3 Å². The van der Waals surface area contributed by atoms with Gasteiger partial charge in [-0.05, 0) is 36.4 Å². The van der Waals surface area contributed by atoms with Crippen LogP contribution in [0.5, 0.6) is 0 Å². The monoisotopic (exact) mass is 423 g/mol. The summed E-state index contributed by atoms with van der Waals surface area (Å²) in [4.78, 5) is 16.8. The number of halogens is 1. The fourth-order valence-corrected chi connectivity index (χ4v) is 2.90. The Morgan fingerprint density at radius 2 is 1.97 bits per heavy atom. The maximum Gasteiger partial charge on any atom is 0.238 e. The number of carbonyl (C=O) groups is 1. The van der Waals surface area contributed by atoms with Gasteiger partial charge in [-0.15, -0.1) is 0 Å². The van der Waals surface area contributed by atoms with Gasteiger partial charge in [-0.25, -0.2) is 9.07 Å². The first kappa shape index (κ1) is 20.5. The van der Waals surface area contributed by atoms with Crippen LogP contribution in [0.2, 0.25) is 0 Å². The summed E-state index contributed by atoms with van der Waals surface area (Å²) in [5.74, 6) is 1.10. The van der Waals surface area contributed by atoms with E-state index in [9.17, 15) is 9.18 Å². The number of aryl methyl sites for hydroxylation is 1. The Balaban J connectivity index is 1.48. The third kappa shape index (κ3) is 4.71. The van der Waals surface area contributed by atoms with E-state index in [0.29, 0.717) is 29.0 Å². The Bertz CT molecular complexity index is 1170. The summed E-state index contributed by atoms with van der Waals surface area (Å²) < 4.78 is 25.4. The number of hydrogen-bond acceptors (Lipinski definition) is 6. The van der Waals surface area contributed by atoms with E-state index in [4.69, 9.17) is 8.94 Å².